The molecule has 0 spiro atoms. The second-order valence-corrected chi connectivity index (χ2v) is 5.40. The third-order valence-corrected chi connectivity index (χ3v) is 4.02. The van der Waals surface area contributed by atoms with Gasteiger partial charge in [0, 0.05) is 5.75 Å². The SMILES string of the molecule is COc1cnc(SCc2ccc(Cl)c(Cl)c2)[nH]c1=O. The molecule has 0 aliphatic heterocycles. The molecule has 1 heterocycles. The van der Waals surface area contributed by atoms with Crippen LogP contribution < -0.4 is 10.3 Å². The molecule has 4 nitrogen and oxygen atoms in total. The molecule has 0 radical (unpaired) electrons. The second-order valence-electron chi connectivity index (χ2n) is 3.62. The number of aromatic nitrogens is 2. The van der Waals surface area contributed by atoms with Gasteiger partial charge in [0.2, 0.25) is 5.75 Å². The molecular formula is C12H10Cl2N2O2S. The van der Waals surface area contributed by atoms with Gasteiger partial charge in [-0.05, 0) is 17.7 Å². The molecule has 100 valence electrons. The zero-order valence-electron chi connectivity index (χ0n) is 9.94. The topological polar surface area (TPSA) is 55.0 Å². The molecule has 0 aliphatic rings. The summed E-state index contributed by atoms with van der Waals surface area (Å²) < 4.78 is 4.84. The van der Waals surface area contributed by atoms with E-state index in [9.17, 15) is 4.79 Å². The lowest BCUT2D eigenvalue weighted by Gasteiger charge is -2.04. The van der Waals surface area contributed by atoms with Gasteiger partial charge < -0.3 is 4.74 Å². The van der Waals surface area contributed by atoms with Gasteiger partial charge in [0.25, 0.3) is 5.56 Å². The van der Waals surface area contributed by atoms with Crippen LogP contribution in [-0.2, 0) is 5.75 Å². The first-order valence-electron chi connectivity index (χ1n) is 5.30. The van der Waals surface area contributed by atoms with E-state index < -0.39 is 0 Å². The first-order valence-corrected chi connectivity index (χ1v) is 7.04. The van der Waals surface area contributed by atoms with Gasteiger partial charge in [-0.25, -0.2) is 4.98 Å². The number of thioether (sulfide) groups is 1. The third kappa shape index (κ3) is 3.65. The summed E-state index contributed by atoms with van der Waals surface area (Å²) in [5.74, 6) is 0.825. The maximum atomic E-state index is 11.5. The van der Waals surface area contributed by atoms with E-state index in [2.05, 4.69) is 9.97 Å². The summed E-state index contributed by atoms with van der Waals surface area (Å²) in [4.78, 5) is 18.2. The van der Waals surface area contributed by atoms with E-state index in [0.717, 1.165) is 5.56 Å². The Hall–Kier alpha value is -1.17. The predicted octanol–water partition coefficient (Wildman–Crippen LogP) is 3.38. The van der Waals surface area contributed by atoms with Crippen molar-refractivity contribution in [1.82, 2.24) is 9.97 Å². The summed E-state index contributed by atoms with van der Waals surface area (Å²) >= 11 is 13.2. The van der Waals surface area contributed by atoms with Crippen LogP contribution in [0.2, 0.25) is 10.0 Å². The molecular weight excluding hydrogens is 307 g/mol. The van der Waals surface area contributed by atoms with Gasteiger partial charge in [-0.1, -0.05) is 41.0 Å². The van der Waals surface area contributed by atoms with Crippen molar-refractivity contribution in [3.63, 3.8) is 0 Å². The highest BCUT2D eigenvalue weighted by molar-refractivity contribution is 7.98. The quantitative estimate of drug-likeness (QED) is 0.694. The van der Waals surface area contributed by atoms with E-state index in [4.69, 9.17) is 27.9 Å². The Balaban J connectivity index is 2.08. The van der Waals surface area contributed by atoms with E-state index >= 15 is 0 Å². The Morgan fingerprint density at radius 1 is 1.37 bits per heavy atom. The minimum Gasteiger partial charge on any atom is -0.490 e. The molecule has 0 aliphatic carbocycles. The number of rotatable bonds is 4. The summed E-state index contributed by atoms with van der Waals surface area (Å²) in [7, 11) is 1.43. The number of ether oxygens (including phenoxy) is 1. The van der Waals surface area contributed by atoms with E-state index in [0.29, 0.717) is 21.0 Å². The number of nitrogens with zero attached hydrogens (tertiary/aromatic N) is 1. The monoisotopic (exact) mass is 316 g/mol. The van der Waals surface area contributed by atoms with Crippen molar-refractivity contribution in [1.29, 1.82) is 0 Å². The lowest BCUT2D eigenvalue weighted by Crippen LogP contribution is -2.10. The van der Waals surface area contributed by atoms with Crippen LogP contribution in [0.25, 0.3) is 0 Å². The van der Waals surface area contributed by atoms with Gasteiger partial charge in [0.15, 0.2) is 5.16 Å². The fraction of sp³-hybridized carbons (Fsp3) is 0.167. The predicted molar refractivity (Wildman–Crippen MR) is 77.4 cm³/mol. The van der Waals surface area contributed by atoms with Crippen molar-refractivity contribution in [2.45, 2.75) is 10.9 Å². The highest BCUT2D eigenvalue weighted by Crippen LogP contribution is 2.26. The summed E-state index contributed by atoms with van der Waals surface area (Å²) in [5.41, 5.74) is 0.701. The molecule has 0 saturated carbocycles. The number of benzene rings is 1. The molecule has 1 aromatic heterocycles. The minimum absolute atomic E-state index is 0.193. The Kier molecular flexibility index (Phi) is 4.74. The van der Waals surface area contributed by atoms with Gasteiger partial charge in [0.05, 0.1) is 23.4 Å². The van der Waals surface area contributed by atoms with Crippen molar-refractivity contribution in [3.05, 3.63) is 50.4 Å². The van der Waals surface area contributed by atoms with Crippen molar-refractivity contribution < 1.29 is 4.74 Å². The zero-order valence-corrected chi connectivity index (χ0v) is 12.3. The Morgan fingerprint density at radius 3 is 2.79 bits per heavy atom. The number of H-pyrrole nitrogens is 1. The highest BCUT2D eigenvalue weighted by Gasteiger charge is 2.04. The summed E-state index contributed by atoms with van der Waals surface area (Å²) in [6.07, 6.45) is 1.40. The smallest absolute Gasteiger partial charge is 0.293 e. The van der Waals surface area contributed by atoms with Crippen LogP contribution in [0.4, 0.5) is 0 Å². The molecule has 0 fully saturated rings. The lowest BCUT2D eigenvalue weighted by atomic mass is 10.2. The number of methoxy groups -OCH3 is 1. The number of hydrogen-bond donors (Lipinski definition) is 1. The molecule has 1 N–H and O–H groups in total. The number of hydrogen-bond acceptors (Lipinski definition) is 4. The van der Waals surface area contributed by atoms with Crippen LogP contribution in [0.5, 0.6) is 5.75 Å². The van der Waals surface area contributed by atoms with Gasteiger partial charge in [0.1, 0.15) is 0 Å². The van der Waals surface area contributed by atoms with E-state index in [1.807, 2.05) is 6.07 Å². The molecule has 0 bridgehead atoms. The first kappa shape index (κ1) is 14.2. The summed E-state index contributed by atoms with van der Waals surface area (Å²) in [5, 5.41) is 1.55. The molecule has 19 heavy (non-hydrogen) atoms. The van der Waals surface area contributed by atoms with Crippen LogP contribution in [0.15, 0.2) is 34.3 Å². The molecule has 7 heteroatoms. The van der Waals surface area contributed by atoms with Crippen LogP contribution in [-0.4, -0.2) is 17.1 Å². The lowest BCUT2D eigenvalue weighted by molar-refractivity contribution is 0.404. The normalized spacial score (nSPS) is 10.5. The van der Waals surface area contributed by atoms with Gasteiger partial charge in [-0.2, -0.15) is 0 Å². The Bertz CT molecular complexity index is 646. The molecule has 2 aromatic rings. The first-order chi connectivity index (χ1) is 9.10. The van der Waals surface area contributed by atoms with Gasteiger partial charge >= 0.3 is 0 Å². The van der Waals surface area contributed by atoms with Crippen LogP contribution in [0, 0.1) is 0 Å². The fourth-order valence-electron chi connectivity index (χ4n) is 1.37. The standard InChI is InChI=1S/C12H10Cl2N2O2S/c1-18-10-5-15-12(16-11(10)17)19-6-7-2-3-8(13)9(14)4-7/h2-5H,6H2,1H3,(H,15,16,17). The highest BCUT2D eigenvalue weighted by atomic mass is 35.5. The summed E-state index contributed by atoms with van der Waals surface area (Å²) in [6, 6.07) is 5.41. The number of nitrogens with one attached hydrogen (secondary N) is 1. The van der Waals surface area contributed by atoms with E-state index in [1.165, 1.54) is 25.1 Å². The molecule has 0 atom stereocenters. The van der Waals surface area contributed by atoms with Crippen molar-refractivity contribution in [2.75, 3.05) is 7.11 Å². The molecule has 0 saturated heterocycles. The van der Waals surface area contributed by atoms with E-state index in [-0.39, 0.29) is 11.3 Å². The third-order valence-electron chi connectivity index (χ3n) is 2.32. The maximum Gasteiger partial charge on any atom is 0.293 e. The van der Waals surface area contributed by atoms with Crippen LogP contribution in [0.1, 0.15) is 5.56 Å². The molecule has 0 unspecified atom stereocenters. The van der Waals surface area contributed by atoms with Gasteiger partial charge in [-0.3, -0.25) is 9.78 Å². The molecule has 2 rings (SSSR count). The zero-order chi connectivity index (χ0) is 13.8. The largest absolute Gasteiger partial charge is 0.490 e. The average molecular weight is 317 g/mol. The maximum absolute atomic E-state index is 11.5. The summed E-state index contributed by atoms with van der Waals surface area (Å²) in [6.45, 7) is 0. The Labute approximate surface area is 124 Å². The Morgan fingerprint density at radius 2 is 2.16 bits per heavy atom. The molecule has 0 amide bonds. The van der Waals surface area contributed by atoms with Crippen molar-refractivity contribution >= 4 is 35.0 Å². The number of aromatic amines is 1. The van der Waals surface area contributed by atoms with Crippen molar-refractivity contribution in [2.24, 2.45) is 0 Å². The average Bonchev–Trinajstić information content (AvgIpc) is 2.40. The second kappa shape index (κ2) is 6.32. The van der Waals surface area contributed by atoms with E-state index in [1.54, 1.807) is 12.1 Å². The van der Waals surface area contributed by atoms with Crippen LogP contribution >= 0.6 is 35.0 Å². The number of halogens is 2. The van der Waals surface area contributed by atoms with Crippen LogP contribution in [0.3, 0.4) is 0 Å². The van der Waals surface area contributed by atoms with Crippen molar-refractivity contribution in [3.8, 4) is 5.75 Å². The van der Waals surface area contributed by atoms with Gasteiger partial charge in [-0.15, -0.1) is 0 Å². The minimum atomic E-state index is -0.297. The fourth-order valence-corrected chi connectivity index (χ4v) is 2.46. The molecule has 1 aromatic carbocycles.